The summed E-state index contributed by atoms with van der Waals surface area (Å²) < 4.78 is 21.4. The van der Waals surface area contributed by atoms with Gasteiger partial charge in [-0.05, 0) is 35.8 Å². The van der Waals surface area contributed by atoms with Crippen molar-refractivity contribution in [1.82, 2.24) is 19.5 Å². The monoisotopic (exact) mass is 461 g/mol. The lowest BCUT2D eigenvalue weighted by molar-refractivity contribution is 0.0583. The van der Waals surface area contributed by atoms with E-state index in [1.54, 1.807) is 30.3 Å². The van der Waals surface area contributed by atoms with Crippen LogP contribution in [0.5, 0.6) is 0 Å². The molecule has 0 radical (unpaired) electrons. The third-order valence-electron chi connectivity index (χ3n) is 5.40. The summed E-state index contributed by atoms with van der Waals surface area (Å²) in [5.41, 5.74) is 6.71. The molecule has 1 aliphatic rings. The standard InChI is InChI=1S/C23H20FN7O3/c1-2-15(28-20-18(19(25)26-11-27-20)22-30-34-12-33-22)21-29-16-10-6-9-14(24)17(16)23(32)31(21)13-7-4-3-5-8-13/h3-11,15H,2,12H2,1H3,(H3,25,26,27,28)/t15-/m0/s1. The van der Waals surface area contributed by atoms with Gasteiger partial charge < -0.3 is 20.6 Å². The number of hydrogen-bond donors (Lipinski definition) is 2. The number of aromatic nitrogens is 4. The number of anilines is 2. The van der Waals surface area contributed by atoms with Gasteiger partial charge in [-0.3, -0.25) is 9.36 Å². The van der Waals surface area contributed by atoms with Gasteiger partial charge in [0.05, 0.1) is 17.2 Å². The van der Waals surface area contributed by atoms with Crippen LogP contribution in [0.15, 0.2) is 64.8 Å². The fourth-order valence-corrected chi connectivity index (χ4v) is 3.81. The summed E-state index contributed by atoms with van der Waals surface area (Å²) in [6.07, 6.45) is 1.81. The number of benzene rings is 2. The van der Waals surface area contributed by atoms with Crippen LogP contribution in [0.4, 0.5) is 16.0 Å². The van der Waals surface area contributed by atoms with Crippen LogP contribution in [0, 0.1) is 5.82 Å². The quantitative estimate of drug-likeness (QED) is 0.448. The first-order valence-corrected chi connectivity index (χ1v) is 10.5. The molecule has 34 heavy (non-hydrogen) atoms. The van der Waals surface area contributed by atoms with Crippen molar-refractivity contribution >= 4 is 28.4 Å². The molecule has 0 unspecified atom stereocenters. The highest BCUT2D eigenvalue weighted by atomic mass is 19.1. The molecule has 4 aromatic rings. The van der Waals surface area contributed by atoms with Gasteiger partial charge in [-0.2, -0.15) is 0 Å². The molecule has 5 rings (SSSR count). The molecular weight excluding hydrogens is 441 g/mol. The van der Waals surface area contributed by atoms with Crippen molar-refractivity contribution < 1.29 is 14.0 Å². The first kappa shape index (κ1) is 21.3. The number of hydrogen-bond acceptors (Lipinski definition) is 9. The predicted molar refractivity (Wildman–Crippen MR) is 124 cm³/mol. The van der Waals surface area contributed by atoms with E-state index in [0.29, 0.717) is 29.3 Å². The lowest BCUT2D eigenvalue weighted by Crippen LogP contribution is -2.29. The zero-order valence-electron chi connectivity index (χ0n) is 18.1. The fourth-order valence-electron chi connectivity index (χ4n) is 3.81. The van der Waals surface area contributed by atoms with E-state index in [4.69, 9.17) is 15.3 Å². The largest absolute Gasteiger partial charge is 0.435 e. The molecule has 3 heterocycles. The Morgan fingerprint density at radius 1 is 1.18 bits per heavy atom. The topological polar surface area (TPSA) is 130 Å². The molecule has 0 spiro atoms. The van der Waals surface area contributed by atoms with E-state index in [2.05, 4.69) is 25.4 Å². The Labute approximate surface area is 192 Å². The van der Waals surface area contributed by atoms with Gasteiger partial charge in [0.25, 0.3) is 18.2 Å². The van der Waals surface area contributed by atoms with Crippen LogP contribution < -0.4 is 16.6 Å². The summed E-state index contributed by atoms with van der Waals surface area (Å²) in [7, 11) is 0. The molecule has 11 heteroatoms. The van der Waals surface area contributed by atoms with E-state index in [0.717, 1.165) is 0 Å². The number of oxime groups is 1. The lowest BCUT2D eigenvalue weighted by Gasteiger charge is -2.23. The molecule has 2 aromatic heterocycles. The average molecular weight is 461 g/mol. The van der Waals surface area contributed by atoms with Crippen molar-refractivity contribution in [3.05, 3.63) is 82.4 Å². The van der Waals surface area contributed by atoms with Gasteiger partial charge in [-0.25, -0.2) is 19.3 Å². The molecular formula is C23H20FN7O3. The number of nitrogens with two attached hydrogens (primary N) is 1. The van der Waals surface area contributed by atoms with Gasteiger partial charge in [0, 0.05) is 0 Å². The second-order valence-corrected chi connectivity index (χ2v) is 7.46. The molecule has 3 N–H and O–H groups in total. The van der Waals surface area contributed by atoms with Crippen molar-refractivity contribution in [2.24, 2.45) is 5.16 Å². The van der Waals surface area contributed by atoms with E-state index in [-0.39, 0.29) is 29.4 Å². The Hall–Kier alpha value is -4.54. The van der Waals surface area contributed by atoms with Crippen LogP contribution in [-0.4, -0.2) is 32.2 Å². The molecule has 0 saturated carbocycles. The molecule has 172 valence electrons. The van der Waals surface area contributed by atoms with E-state index in [1.165, 1.54) is 23.0 Å². The van der Waals surface area contributed by atoms with Gasteiger partial charge in [-0.1, -0.05) is 31.2 Å². The number of nitrogens with one attached hydrogen (secondary N) is 1. The lowest BCUT2D eigenvalue weighted by atomic mass is 10.1. The normalized spacial score (nSPS) is 13.8. The number of nitrogen functional groups attached to an aromatic ring is 1. The van der Waals surface area contributed by atoms with Crippen molar-refractivity contribution in [2.45, 2.75) is 19.4 Å². The number of ether oxygens (including phenoxy) is 1. The number of para-hydroxylation sites is 1. The molecule has 2 aromatic carbocycles. The van der Waals surface area contributed by atoms with Crippen LogP contribution in [0.1, 0.15) is 30.8 Å². The predicted octanol–water partition coefficient (Wildman–Crippen LogP) is 3.13. The number of nitrogens with zero attached hydrogens (tertiary/aromatic N) is 5. The van der Waals surface area contributed by atoms with Gasteiger partial charge in [0.1, 0.15) is 40.6 Å². The van der Waals surface area contributed by atoms with Crippen molar-refractivity contribution in [3.8, 4) is 5.69 Å². The maximum atomic E-state index is 14.6. The molecule has 0 saturated heterocycles. The first-order chi connectivity index (χ1) is 16.6. The molecule has 0 fully saturated rings. The Morgan fingerprint density at radius 2 is 2.00 bits per heavy atom. The first-order valence-electron chi connectivity index (χ1n) is 10.5. The van der Waals surface area contributed by atoms with Crippen molar-refractivity contribution in [1.29, 1.82) is 0 Å². The average Bonchev–Trinajstić information content (AvgIpc) is 3.37. The number of halogens is 1. The second kappa shape index (κ2) is 8.77. The van der Waals surface area contributed by atoms with Gasteiger partial charge in [0.2, 0.25) is 0 Å². The third-order valence-corrected chi connectivity index (χ3v) is 5.40. The van der Waals surface area contributed by atoms with Crippen LogP contribution >= 0.6 is 0 Å². The molecule has 10 nitrogen and oxygen atoms in total. The summed E-state index contributed by atoms with van der Waals surface area (Å²) in [4.78, 5) is 31.5. The SMILES string of the molecule is CC[C@H](Nc1ncnc(N)c1C1=NOCO1)c1nc2cccc(F)c2c(=O)n1-c1ccccc1. The highest BCUT2D eigenvalue weighted by Crippen LogP contribution is 2.28. The summed E-state index contributed by atoms with van der Waals surface area (Å²) in [5.74, 6) is 0.367. The highest BCUT2D eigenvalue weighted by molar-refractivity contribution is 6.02. The highest BCUT2D eigenvalue weighted by Gasteiger charge is 2.26. The van der Waals surface area contributed by atoms with Gasteiger partial charge >= 0.3 is 0 Å². The van der Waals surface area contributed by atoms with Crippen LogP contribution in [-0.2, 0) is 9.57 Å². The Balaban J connectivity index is 1.70. The molecule has 0 aliphatic carbocycles. The molecule has 1 aliphatic heterocycles. The smallest absolute Gasteiger partial charge is 0.269 e. The van der Waals surface area contributed by atoms with Crippen molar-refractivity contribution in [2.75, 3.05) is 17.8 Å². The van der Waals surface area contributed by atoms with E-state index < -0.39 is 17.4 Å². The second-order valence-electron chi connectivity index (χ2n) is 7.46. The Bertz CT molecular complexity index is 1460. The minimum absolute atomic E-state index is 0.0499. The van der Waals surface area contributed by atoms with E-state index in [9.17, 15) is 9.18 Å². The number of rotatable bonds is 6. The maximum absolute atomic E-state index is 14.6. The zero-order chi connectivity index (χ0) is 23.7. The Morgan fingerprint density at radius 3 is 2.74 bits per heavy atom. The van der Waals surface area contributed by atoms with E-state index >= 15 is 0 Å². The van der Waals surface area contributed by atoms with Gasteiger partial charge in [0.15, 0.2) is 0 Å². The minimum atomic E-state index is -0.630. The summed E-state index contributed by atoms with van der Waals surface area (Å²) in [6.45, 7) is 1.87. The zero-order valence-corrected chi connectivity index (χ0v) is 18.1. The summed E-state index contributed by atoms with van der Waals surface area (Å²) in [5, 5.41) is 7.05. The maximum Gasteiger partial charge on any atom is 0.269 e. The minimum Gasteiger partial charge on any atom is -0.435 e. The molecule has 0 amide bonds. The van der Waals surface area contributed by atoms with Crippen LogP contribution in [0.2, 0.25) is 0 Å². The van der Waals surface area contributed by atoms with Crippen LogP contribution in [0.3, 0.4) is 0 Å². The Kier molecular flexibility index (Phi) is 5.50. The van der Waals surface area contributed by atoms with Gasteiger partial charge in [-0.15, -0.1) is 0 Å². The summed E-state index contributed by atoms with van der Waals surface area (Å²) in [6, 6.07) is 12.8. The number of fused-ring (bicyclic) bond motifs is 1. The summed E-state index contributed by atoms with van der Waals surface area (Å²) >= 11 is 0. The third kappa shape index (κ3) is 3.66. The molecule has 0 bridgehead atoms. The van der Waals surface area contributed by atoms with Crippen molar-refractivity contribution in [3.63, 3.8) is 0 Å². The molecule has 1 atom stereocenters. The fraction of sp³-hybridized carbons (Fsp3) is 0.174. The van der Waals surface area contributed by atoms with Crippen LogP contribution in [0.25, 0.3) is 16.6 Å². The van der Waals surface area contributed by atoms with E-state index in [1.807, 2.05) is 13.0 Å².